The van der Waals surface area contributed by atoms with Gasteiger partial charge in [-0.15, -0.1) is 0 Å². The maximum Gasteiger partial charge on any atom is 0.408 e. The van der Waals surface area contributed by atoms with Crippen LogP contribution >= 0.6 is 0 Å². The number of piperidine rings is 1. The minimum Gasteiger partial charge on any atom is -0.465 e. The molecule has 1 aromatic carbocycles. The second-order valence-electron chi connectivity index (χ2n) is 5.96. The molecular formula is C16H19N3O7. The van der Waals surface area contributed by atoms with Gasteiger partial charge in [-0.2, -0.15) is 0 Å². The van der Waals surface area contributed by atoms with Gasteiger partial charge >= 0.3 is 12.1 Å². The number of carbonyl (C=O) groups is 3. The van der Waals surface area contributed by atoms with Crippen molar-refractivity contribution in [2.45, 2.75) is 38.5 Å². The van der Waals surface area contributed by atoms with E-state index in [0.717, 1.165) is 4.90 Å². The van der Waals surface area contributed by atoms with E-state index in [0.29, 0.717) is 12.0 Å². The first-order chi connectivity index (χ1) is 12.3. The molecule has 0 saturated carbocycles. The molecule has 0 radical (unpaired) electrons. The molecule has 140 valence electrons. The van der Waals surface area contributed by atoms with Crippen molar-refractivity contribution in [3.8, 4) is 0 Å². The van der Waals surface area contributed by atoms with Crippen LogP contribution in [0.5, 0.6) is 0 Å². The third-order valence-corrected chi connectivity index (χ3v) is 4.04. The van der Waals surface area contributed by atoms with Crippen LogP contribution in [0.3, 0.4) is 0 Å². The van der Waals surface area contributed by atoms with Crippen LogP contribution in [0.4, 0.5) is 10.5 Å². The smallest absolute Gasteiger partial charge is 0.408 e. The molecule has 1 aromatic rings. The number of benzene rings is 1. The summed E-state index contributed by atoms with van der Waals surface area (Å²) in [5.41, 5.74) is 0.478. The van der Waals surface area contributed by atoms with Gasteiger partial charge < -0.3 is 15.2 Å². The highest BCUT2D eigenvalue weighted by atomic mass is 16.6. The van der Waals surface area contributed by atoms with E-state index in [9.17, 15) is 29.6 Å². The molecule has 0 aliphatic carbocycles. The van der Waals surface area contributed by atoms with Gasteiger partial charge in [-0.3, -0.25) is 19.8 Å². The van der Waals surface area contributed by atoms with E-state index in [-0.39, 0.29) is 37.2 Å². The van der Waals surface area contributed by atoms with E-state index >= 15 is 0 Å². The summed E-state index contributed by atoms with van der Waals surface area (Å²) in [6.45, 7) is 1.23. The molecular weight excluding hydrogens is 346 g/mol. The molecule has 2 atom stereocenters. The first-order valence-electron chi connectivity index (χ1n) is 7.94. The third kappa shape index (κ3) is 4.91. The molecule has 2 unspecified atom stereocenters. The Morgan fingerprint density at radius 1 is 1.31 bits per heavy atom. The van der Waals surface area contributed by atoms with Crippen molar-refractivity contribution in [2.75, 3.05) is 6.54 Å². The first kappa shape index (κ1) is 19.2. The highest BCUT2D eigenvalue weighted by molar-refractivity contribution is 5.81. The minimum absolute atomic E-state index is 0.00616. The van der Waals surface area contributed by atoms with E-state index in [2.05, 4.69) is 5.32 Å². The normalized spacial score (nSPS) is 19.5. The van der Waals surface area contributed by atoms with Crippen LogP contribution < -0.4 is 5.32 Å². The van der Waals surface area contributed by atoms with Crippen LogP contribution in [0.1, 0.15) is 25.3 Å². The van der Waals surface area contributed by atoms with Crippen LogP contribution in [0.15, 0.2) is 24.3 Å². The van der Waals surface area contributed by atoms with Crippen LogP contribution in [-0.2, 0) is 20.9 Å². The molecule has 26 heavy (non-hydrogen) atoms. The molecule has 0 bridgehead atoms. The van der Waals surface area contributed by atoms with Crippen LogP contribution in [0.25, 0.3) is 0 Å². The molecule has 1 aliphatic rings. The largest absolute Gasteiger partial charge is 0.465 e. The zero-order valence-corrected chi connectivity index (χ0v) is 14.1. The lowest BCUT2D eigenvalue weighted by atomic mass is 9.98. The monoisotopic (exact) mass is 365 g/mol. The Bertz CT molecular complexity index is 704. The summed E-state index contributed by atoms with van der Waals surface area (Å²) in [5.74, 6) is -0.952. The van der Waals surface area contributed by atoms with Crippen molar-refractivity contribution in [3.63, 3.8) is 0 Å². The molecule has 2 amide bonds. The van der Waals surface area contributed by atoms with Gasteiger partial charge in [-0.05, 0) is 30.5 Å². The summed E-state index contributed by atoms with van der Waals surface area (Å²) in [6.07, 6.45) is -0.575. The van der Waals surface area contributed by atoms with Crippen molar-refractivity contribution in [1.29, 1.82) is 0 Å². The van der Waals surface area contributed by atoms with Gasteiger partial charge in [0.05, 0.1) is 4.92 Å². The number of nitrogens with zero attached hydrogens (tertiary/aromatic N) is 2. The summed E-state index contributed by atoms with van der Waals surface area (Å²) in [6, 6.07) is 4.23. The molecule has 1 fully saturated rings. The number of ether oxygens (including phenoxy) is 1. The van der Waals surface area contributed by atoms with E-state index in [1.165, 1.54) is 31.2 Å². The minimum atomic E-state index is -1.27. The summed E-state index contributed by atoms with van der Waals surface area (Å²) in [5, 5.41) is 22.6. The Balaban J connectivity index is 1.95. The van der Waals surface area contributed by atoms with Crippen LogP contribution in [-0.4, -0.2) is 51.5 Å². The van der Waals surface area contributed by atoms with Gasteiger partial charge in [0.2, 0.25) is 5.91 Å². The van der Waals surface area contributed by atoms with E-state index < -0.39 is 23.0 Å². The van der Waals surface area contributed by atoms with E-state index in [1.54, 1.807) is 0 Å². The van der Waals surface area contributed by atoms with E-state index in [4.69, 9.17) is 4.74 Å². The second-order valence-corrected chi connectivity index (χ2v) is 5.96. The lowest BCUT2D eigenvalue weighted by Gasteiger charge is -2.36. The Morgan fingerprint density at radius 2 is 1.96 bits per heavy atom. The average Bonchev–Trinajstić information content (AvgIpc) is 2.59. The van der Waals surface area contributed by atoms with Crippen molar-refractivity contribution in [2.24, 2.45) is 0 Å². The fraction of sp³-hybridized carbons (Fsp3) is 0.438. The second kappa shape index (κ2) is 8.28. The number of carbonyl (C=O) groups excluding carboxylic acids is 2. The SMILES string of the molecule is CC(=O)NC1CCC(C(=O)OCc2ccc([N+](=O)[O-])cc2)N(C(=O)O)C1. The number of carboxylic acid groups (broad SMARTS) is 1. The van der Waals surface area contributed by atoms with Gasteiger partial charge in [-0.1, -0.05) is 0 Å². The summed E-state index contributed by atoms with van der Waals surface area (Å²) in [7, 11) is 0. The Kier molecular flexibility index (Phi) is 6.10. The topological polar surface area (TPSA) is 139 Å². The van der Waals surface area contributed by atoms with Crippen molar-refractivity contribution in [1.82, 2.24) is 10.2 Å². The third-order valence-electron chi connectivity index (χ3n) is 4.04. The molecule has 0 aromatic heterocycles. The summed E-state index contributed by atoms with van der Waals surface area (Å²) < 4.78 is 5.16. The fourth-order valence-corrected chi connectivity index (χ4v) is 2.80. The van der Waals surface area contributed by atoms with E-state index in [1.807, 2.05) is 0 Å². The molecule has 10 heteroatoms. The number of nitrogens with one attached hydrogen (secondary N) is 1. The van der Waals surface area contributed by atoms with Crippen LogP contribution in [0.2, 0.25) is 0 Å². The first-order valence-corrected chi connectivity index (χ1v) is 7.94. The lowest BCUT2D eigenvalue weighted by Crippen LogP contribution is -2.56. The highest BCUT2D eigenvalue weighted by Crippen LogP contribution is 2.20. The van der Waals surface area contributed by atoms with Gasteiger partial charge in [-0.25, -0.2) is 9.59 Å². The maximum atomic E-state index is 12.3. The van der Waals surface area contributed by atoms with Crippen LogP contribution in [0, 0.1) is 10.1 Å². The number of likely N-dealkylation sites (tertiary alicyclic amines) is 1. The van der Waals surface area contributed by atoms with Crippen molar-refractivity contribution < 1.29 is 29.2 Å². The molecule has 1 aliphatic heterocycles. The number of nitro benzene ring substituents is 1. The highest BCUT2D eigenvalue weighted by Gasteiger charge is 2.37. The molecule has 1 saturated heterocycles. The number of esters is 1. The zero-order valence-electron chi connectivity index (χ0n) is 14.1. The molecule has 10 nitrogen and oxygen atoms in total. The summed E-state index contributed by atoms with van der Waals surface area (Å²) in [4.78, 5) is 45.8. The number of rotatable bonds is 5. The standard InChI is InChI=1S/C16H19N3O7/c1-10(20)17-12-4-7-14(18(8-12)16(22)23)15(21)26-9-11-2-5-13(6-3-11)19(24)25/h2-3,5-6,12,14H,4,7-9H2,1H3,(H,17,20)(H,22,23). The van der Waals surface area contributed by atoms with Gasteiger partial charge in [0, 0.05) is 31.6 Å². The fourth-order valence-electron chi connectivity index (χ4n) is 2.80. The Hall–Kier alpha value is -3.17. The predicted molar refractivity (Wildman–Crippen MR) is 88.2 cm³/mol. The Labute approximate surface area is 148 Å². The van der Waals surface area contributed by atoms with Gasteiger partial charge in [0.15, 0.2) is 0 Å². The average molecular weight is 365 g/mol. The number of non-ortho nitro benzene ring substituents is 1. The van der Waals surface area contributed by atoms with Crippen molar-refractivity contribution >= 4 is 23.7 Å². The number of amides is 2. The number of hydrogen-bond donors (Lipinski definition) is 2. The summed E-state index contributed by atoms with van der Waals surface area (Å²) >= 11 is 0. The molecule has 2 N–H and O–H groups in total. The number of hydrogen-bond acceptors (Lipinski definition) is 6. The van der Waals surface area contributed by atoms with Gasteiger partial charge in [0.1, 0.15) is 12.6 Å². The number of nitro groups is 1. The quantitative estimate of drug-likeness (QED) is 0.455. The maximum absolute atomic E-state index is 12.3. The van der Waals surface area contributed by atoms with Crippen molar-refractivity contribution in [3.05, 3.63) is 39.9 Å². The molecule has 1 heterocycles. The molecule has 0 spiro atoms. The predicted octanol–water partition coefficient (Wildman–Crippen LogP) is 1.29. The lowest BCUT2D eigenvalue weighted by molar-refractivity contribution is -0.384. The zero-order chi connectivity index (χ0) is 19.3. The molecule has 2 rings (SSSR count). The van der Waals surface area contributed by atoms with Gasteiger partial charge in [0.25, 0.3) is 5.69 Å². The Morgan fingerprint density at radius 3 is 2.50 bits per heavy atom.